The predicted molar refractivity (Wildman–Crippen MR) is 241 cm³/mol. The molecule has 3 aromatic heterocycles. The van der Waals surface area contributed by atoms with E-state index in [-0.39, 0.29) is 43.4 Å². The van der Waals surface area contributed by atoms with Crippen LogP contribution in [0.4, 0.5) is 20.2 Å². The summed E-state index contributed by atoms with van der Waals surface area (Å²) in [6.45, 7) is 6.59. The molecule has 17 nitrogen and oxygen atoms in total. The molecule has 2 N–H and O–H groups in total. The summed E-state index contributed by atoms with van der Waals surface area (Å²) in [4.78, 5) is 24.5. The minimum Gasteiger partial charge on any atom is -0.415 e. The van der Waals surface area contributed by atoms with Crippen molar-refractivity contribution in [2.75, 3.05) is 68.5 Å². The van der Waals surface area contributed by atoms with E-state index in [1.54, 1.807) is 72.8 Å². The number of hydrogen-bond acceptors (Lipinski definition) is 13. The normalized spacial score (nSPS) is 18.1. The van der Waals surface area contributed by atoms with Crippen LogP contribution in [0, 0.1) is 0 Å². The quantitative estimate of drug-likeness (QED) is 0.140. The van der Waals surface area contributed by atoms with E-state index in [1.165, 1.54) is 29.6 Å². The van der Waals surface area contributed by atoms with Crippen LogP contribution in [-0.2, 0) is 33.5 Å². The maximum atomic E-state index is 13.7. The average molecular weight is 965 g/mol. The lowest BCUT2D eigenvalue weighted by atomic mass is 10.2. The van der Waals surface area contributed by atoms with Crippen molar-refractivity contribution in [3.63, 3.8) is 0 Å². The number of nitrogens with zero attached hydrogens (tertiary/aromatic N) is 10. The first-order chi connectivity index (χ1) is 30.4. The lowest BCUT2D eigenvalue weighted by molar-refractivity contribution is 0.100. The van der Waals surface area contributed by atoms with Crippen LogP contribution >= 0.6 is 23.2 Å². The summed E-state index contributed by atoms with van der Waals surface area (Å²) in [5.41, 5.74) is 7.93. The molecule has 0 spiro atoms. The summed E-state index contributed by atoms with van der Waals surface area (Å²) in [5.74, 6) is -1.10. The Morgan fingerprint density at radius 2 is 1.27 bits per heavy atom. The Morgan fingerprint density at radius 1 is 0.766 bits per heavy atom. The average Bonchev–Trinajstić information content (AvgIpc) is 3.78. The third-order valence-corrected chi connectivity index (χ3v) is 15.1. The number of anilines is 2. The van der Waals surface area contributed by atoms with E-state index in [0.29, 0.717) is 83.2 Å². The third-order valence-electron chi connectivity index (χ3n) is 10.9. The van der Waals surface area contributed by atoms with Gasteiger partial charge in [0.05, 0.1) is 48.0 Å². The van der Waals surface area contributed by atoms with Gasteiger partial charge in [0.2, 0.25) is 5.89 Å². The number of hydrogen-bond donors (Lipinski definition) is 1. The topological polar surface area (TPSA) is 196 Å². The number of halogens is 4. The summed E-state index contributed by atoms with van der Waals surface area (Å²) >= 11 is 12.3. The third kappa shape index (κ3) is 11.8. The highest BCUT2D eigenvalue weighted by Crippen LogP contribution is 2.30. The van der Waals surface area contributed by atoms with Gasteiger partial charge < -0.3 is 20.0 Å². The number of aromatic nitrogens is 4. The summed E-state index contributed by atoms with van der Waals surface area (Å²) < 4.78 is 90.4. The van der Waals surface area contributed by atoms with Crippen molar-refractivity contribution in [3.8, 4) is 11.5 Å². The van der Waals surface area contributed by atoms with E-state index in [4.69, 9.17) is 33.4 Å². The highest BCUT2D eigenvalue weighted by atomic mass is 35.5. The molecule has 0 bridgehead atoms. The molecule has 2 aliphatic rings. The van der Waals surface area contributed by atoms with Crippen LogP contribution in [0.5, 0.6) is 0 Å². The van der Waals surface area contributed by atoms with E-state index >= 15 is 0 Å². The second-order valence-corrected chi connectivity index (χ2v) is 19.9. The molecule has 0 radical (unpaired) electrons. The Morgan fingerprint density at radius 3 is 1.66 bits per heavy atom. The number of likely N-dealkylation sites (N-methyl/N-ethyl adjacent to an activating group) is 2. The van der Waals surface area contributed by atoms with Crippen LogP contribution in [0.25, 0.3) is 11.5 Å². The number of benzene rings is 2. The zero-order valence-corrected chi connectivity index (χ0v) is 38.7. The SMILES string of the molecule is C[C@H]1CN(S(=O)(=O)N(Cc2ccc(-c3nnc(C(F)F)o3)cn2)c2cccc(Cl)c2)CCN1C.C[C@H]1CN(S(=O)(=O)N(Cc2ccc(C(=O)CN)cn2)c2cccc(Cl)c2)CCN1C. The van der Waals surface area contributed by atoms with Gasteiger partial charge in [0.1, 0.15) is 0 Å². The fraction of sp³-hybridized carbons (Fsp3) is 0.390. The van der Waals surface area contributed by atoms with Crippen molar-refractivity contribution in [1.29, 1.82) is 0 Å². The number of pyridine rings is 2. The second-order valence-electron chi connectivity index (χ2n) is 15.3. The van der Waals surface area contributed by atoms with Gasteiger partial charge in [-0.15, -0.1) is 10.2 Å². The first-order valence-corrected chi connectivity index (χ1v) is 23.6. The minimum absolute atomic E-state index is 0.0144. The zero-order valence-electron chi connectivity index (χ0n) is 35.5. The highest BCUT2D eigenvalue weighted by Gasteiger charge is 2.36. The van der Waals surface area contributed by atoms with Crippen molar-refractivity contribution < 1.29 is 34.8 Å². The lowest BCUT2D eigenvalue weighted by Crippen LogP contribution is -2.55. The van der Waals surface area contributed by atoms with Gasteiger partial charge in [-0.3, -0.25) is 23.4 Å². The molecule has 0 aliphatic carbocycles. The molecule has 2 aliphatic heterocycles. The van der Waals surface area contributed by atoms with Crippen molar-refractivity contribution >= 4 is 60.8 Å². The number of carbonyl (C=O) groups is 1. The highest BCUT2D eigenvalue weighted by molar-refractivity contribution is 7.90. The van der Waals surface area contributed by atoms with Crippen molar-refractivity contribution in [2.45, 2.75) is 45.4 Å². The molecule has 2 atom stereocenters. The Balaban J connectivity index is 0.000000214. The number of nitrogens with two attached hydrogens (primary N) is 1. The molecule has 0 amide bonds. The van der Waals surface area contributed by atoms with Crippen LogP contribution in [-0.4, -0.2) is 133 Å². The Hall–Kier alpha value is -4.71. The standard InChI is InChI=1S/C21H23ClF2N6O3S.C20H26ClN5O3S/c1-14-12-29(9-8-28(14)2)34(31,32)30(18-5-3-4-16(22)10-18)13-17-7-6-15(11-25-17)20-26-27-21(33-20)19(23)24;1-15-13-25(9-8-24(15)2)30(28,29)26(19-5-3-4-17(21)10-19)14-18-7-6-16(12-23-18)20(27)11-22/h3-7,10-11,14,19H,8-9,12-13H2,1-2H3;3-7,10,12,15H,8-9,11,13-14,22H2,1-2H3/t14-;15-/m00/s1. The molecule has 2 fully saturated rings. The lowest BCUT2D eigenvalue weighted by Gasteiger charge is -2.39. The molecule has 0 unspecified atom stereocenters. The van der Waals surface area contributed by atoms with Gasteiger partial charge in [0.25, 0.3) is 5.89 Å². The molecule has 5 heterocycles. The number of ketones is 1. The first-order valence-electron chi connectivity index (χ1n) is 20.1. The number of carbonyl (C=O) groups excluding carboxylic acids is 1. The monoisotopic (exact) mass is 963 g/mol. The summed E-state index contributed by atoms with van der Waals surface area (Å²) in [6, 6.07) is 19.9. The van der Waals surface area contributed by atoms with Crippen molar-refractivity contribution in [1.82, 2.24) is 38.6 Å². The van der Waals surface area contributed by atoms with Crippen LogP contribution in [0.3, 0.4) is 0 Å². The van der Waals surface area contributed by atoms with Gasteiger partial charge in [-0.2, -0.15) is 34.2 Å². The Labute approximate surface area is 381 Å². The van der Waals surface area contributed by atoms with Crippen molar-refractivity contribution in [2.24, 2.45) is 5.73 Å². The van der Waals surface area contributed by atoms with Gasteiger partial charge in [0.15, 0.2) is 5.78 Å². The van der Waals surface area contributed by atoms with Crippen LogP contribution < -0.4 is 14.3 Å². The molecule has 64 heavy (non-hydrogen) atoms. The molecule has 344 valence electrons. The summed E-state index contributed by atoms with van der Waals surface area (Å²) in [7, 11) is -3.78. The van der Waals surface area contributed by atoms with E-state index in [9.17, 15) is 30.4 Å². The van der Waals surface area contributed by atoms with Gasteiger partial charge >= 0.3 is 26.8 Å². The van der Waals surface area contributed by atoms with Crippen molar-refractivity contribution in [3.05, 3.63) is 118 Å². The number of rotatable bonds is 14. The molecule has 2 saturated heterocycles. The van der Waals surface area contributed by atoms with E-state index < -0.39 is 32.7 Å². The fourth-order valence-electron chi connectivity index (χ4n) is 6.78. The smallest absolute Gasteiger partial charge is 0.314 e. The maximum absolute atomic E-state index is 13.7. The van der Waals surface area contributed by atoms with Gasteiger partial charge in [0, 0.05) is 79.4 Å². The first kappa shape index (κ1) is 48.7. The molecular weight excluding hydrogens is 916 g/mol. The minimum atomic E-state index is -3.90. The predicted octanol–water partition coefficient (Wildman–Crippen LogP) is 5.37. The van der Waals surface area contributed by atoms with Gasteiger partial charge in [-0.05, 0) is 88.6 Å². The molecule has 5 aromatic rings. The number of alkyl halides is 2. The fourth-order valence-corrected chi connectivity index (χ4v) is 10.5. The van der Waals surface area contributed by atoms with E-state index in [1.807, 2.05) is 27.9 Å². The summed E-state index contributed by atoms with van der Waals surface area (Å²) in [5, 5.41) is 7.75. The van der Waals surface area contributed by atoms with Crippen LogP contribution in [0.1, 0.15) is 47.9 Å². The van der Waals surface area contributed by atoms with E-state index in [0.717, 1.165) is 0 Å². The second kappa shape index (κ2) is 21.1. The van der Waals surface area contributed by atoms with Crippen LogP contribution in [0.2, 0.25) is 10.0 Å². The molecule has 7 rings (SSSR count). The van der Waals surface area contributed by atoms with Crippen LogP contribution in [0.15, 0.2) is 89.6 Å². The molecule has 23 heteroatoms. The Kier molecular flexibility index (Phi) is 16.0. The number of Topliss-reactive ketones (excluding diaryl/α,β-unsaturated/α-hetero) is 1. The van der Waals surface area contributed by atoms with Gasteiger partial charge in [-0.25, -0.2) is 0 Å². The summed E-state index contributed by atoms with van der Waals surface area (Å²) in [6.07, 6.45) is -0.0773. The molecule has 2 aromatic carbocycles. The largest absolute Gasteiger partial charge is 0.415 e. The van der Waals surface area contributed by atoms with E-state index in [2.05, 4.69) is 30.0 Å². The Bertz CT molecular complexity index is 2600. The number of piperazine rings is 2. The maximum Gasteiger partial charge on any atom is 0.314 e. The zero-order chi connectivity index (χ0) is 46.3. The van der Waals surface area contributed by atoms with Gasteiger partial charge in [-0.1, -0.05) is 35.3 Å². The molecular formula is C41H49Cl2F2N11O6S2. The molecule has 0 saturated carbocycles.